The third-order valence-corrected chi connectivity index (χ3v) is 12.2. The van der Waals surface area contributed by atoms with Crippen LogP contribution in [0.15, 0.2) is 200 Å². The van der Waals surface area contributed by atoms with Crippen LogP contribution in [0.3, 0.4) is 0 Å². The van der Waals surface area contributed by atoms with Gasteiger partial charge in [-0.05, 0) is 115 Å². The highest BCUT2D eigenvalue weighted by Gasteiger charge is 2.21. The normalized spacial score (nSPS) is 11.9. The molecule has 0 N–H and O–H groups in total. The van der Waals surface area contributed by atoms with Crippen LogP contribution in [0.1, 0.15) is 5.56 Å². The number of rotatable bonds is 4. The van der Waals surface area contributed by atoms with Crippen LogP contribution in [-0.4, -0.2) is 4.57 Å². The lowest BCUT2D eigenvalue weighted by atomic mass is 9.93. The highest BCUT2D eigenvalue weighted by molar-refractivity contribution is 6.29. The number of hydrogen-bond acceptors (Lipinski definition) is 1. The quantitative estimate of drug-likeness (QED) is 0.164. The molecule has 0 aliphatic rings. The van der Waals surface area contributed by atoms with Crippen molar-refractivity contribution in [1.82, 2.24) is 4.57 Å². The van der Waals surface area contributed by atoms with Crippen molar-refractivity contribution in [3.63, 3.8) is 0 Å². The highest BCUT2D eigenvalue weighted by Crippen LogP contribution is 2.46. The van der Waals surface area contributed by atoms with E-state index in [1.54, 1.807) is 0 Å². The molecule has 12 rings (SSSR count). The summed E-state index contributed by atoms with van der Waals surface area (Å²) >= 11 is 0. The fraction of sp³-hybridized carbons (Fsp3) is 0.0182. The molecule has 0 bridgehead atoms. The minimum atomic E-state index is 1.11. The van der Waals surface area contributed by atoms with E-state index in [0.29, 0.717) is 0 Å². The molecule has 0 aliphatic carbocycles. The summed E-state index contributed by atoms with van der Waals surface area (Å²) in [5.41, 5.74) is 8.14. The summed E-state index contributed by atoms with van der Waals surface area (Å²) in [7, 11) is 0. The second-order valence-corrected chi connectivity index (χ2v) is 15.3. The van der Waals surface area contributed by atoms with Crippen LogP contribution < -0.4 is 4.90 Å². The van der Waals surface area contributed by atoms with E-state index in [0.717, 1.165) is 22.7 Å². The summed E-state index contributed by atoms with van der Waals surface area (Å²) < 4.78 is 2.47. The van der Waals surface area contributed by atoms with Crippen LogP contribution >= 0.6 is 0 Å². The van der Waals surface area contributed by atoms with Gasteiger partial charge in [0.05, 0.1) is 16.7 Å². The summed E-state index contributed by atoms with van der Waals surface area (Å²) in [5, 5.41) is 17.7. The zero-order valence-electron chi connectivity index (χ0n) is 31.4. The van der Waals surface area contributed by atoms with Crippen molar-refractivity contribution in [2.75, 3.05) is 4.90 Å². The first-order chi connectivity index (χ1) is 28.2. The Labute approximate surface area is 330 Å². The molecule has 0 unspecified atom stereocenters. The molecule has 0 atom stereocenters. The van der Waals surface area contributed by atoms with E-state index in [1.807, 2.05) is 0 Å². The Hall–Kier alpha value is -7.42. The Morgan fingerprint density at radius 1 is 0.316 bits per heavy atom. The van der Waals surface area contributed by atoms with Crippen LogP contribution in [-0.2, 0) is 0 Å². The van der Waals surface area contributed by atoms with Gasteiger partial charge in [0.25, 0.3) is 0 Å². The van der Waals surface area contributed by atoms with E-state index in [2.05, 4.69) is 217 Å². The number of hydrogen-bond donors (Lipinski definition) is 0. The van der Waals surface area contributed by atoms with Crippen LogP contribution in [0.4, 0.5) is 17.1 Å². The Balaban J connectivity index is 1.16. The zero-order valence-corrected chi connectivity index (χ0v) is 31.4. The van der Waals surface area contributed by atoms with E-state index in [4.69, 9.17) is 0 Å². The molecule has 2 heteroatoms. The number of anilines is 3. The molecular weight excluding hydrogens is 689 g/mol. The van der Waals surface area contributed by atoms with E-state index in [1.165, 1.54) is 92.0 Å². The molecule has 2 nitrogen and oxygen atoms in total. The molecule has 12 aromatic rings. The number of para-hydroxylation sites is 1. The Kier molecular flexibility index (Phi) is 6.88. The maximum Gasteiger partial charge on any atom is 0.0561 e. The lowest BCUT2D eigenvalue weighted by Gasteiger charge is -2.28. The first kappa shape index (κ1) is 31.9. The third kappa shape index (κ3) is 4.71. The van der Waals surface area contributed by atoms with Crippen molar-refractivity contribution in [2.45, 2.75) is 6.92 Å². The standard InChI is InChI=1S/C55H36N2/c1-35-25-27-36(28-26-35)56(53-24-12-22-50-44-17-6-4-16-42(44)43-18-8-9-21-49(43)55(50)53)38-30-32-48-47-20-10-11-23-52(47)57(54(48)34-38)37-29-31-46-41-15-3-2-13-39(41)40-14-5-7-19-45(40)51(46)33-37/h2-34H,1H3. The number of aromatic nitrogens is 1. The molecule has 0 radical (unpaired) electrons. The average molecular weight is 725 g/mol. The zero-order chi connectivity index (χ0) is 37.6. The molecule has 11 aromatic carbocycles. The Morgan fingerprint density at radius 2 is 0.754 bits per heavy atom. The van der Waals surface area contributed by atoms with E-state index < -0.39 is 0 Å². The third-order valence-electron chi connectivity index (χ3n) is 12.2. The molecular formula is C55H36N2. The average Bonchev–Trinajstić information content (AvgIpc) is 3.61. The van der Waals surface area contributed by atoms with Gasteiger partial charge >= 0.3 is 0 Å². The van der Waals surface area contributed by atoms with Gasteiger partial charge in [-0.15, -0.1) is 0 Å². The highest BCUT2D eigenvalue weighted by atomic mass is 15.1. The summed E-state index contributed by atoms with van der Waals surface area (Å²) in [6.07, 6.45) is 0. The van der Waals surface area contributed by atoms with Gasteiger partial charge in [0.1, 0.15) is 0 Å². The minimum Gasteiger partial charge on any atom is -0.310 e. The lowest BCUT2D eigenvalue weighted by Crippen LogP contribution is -2.11. The van der Waals surface area contributed by atoms with Crippen molar-refractivity contribution in [3.05, 3.63) is 206 Å². The van der Waals surface area contributed by atoms with Crippen molar-refractivity contribution >= 4 is 104 Å². The summed E-state index contributed by atoms with van der Waals surface area (Å²) in [5.74, 6) is 0. The molecule has 0 spiro atoms. The number of aryl methyl sites for hydroxylation is 1. The van der Waals surface area contributed by atoms with E-state index in [-0.39, 0.29) is 0 Å². The molecule has 0 saturated carbocycles. The smallest absolute Gasteiger partial charge is 0.0561 e. The second-order valence-electron chi connectivity index (χ2n) is 15.3. The predicted molar refractivity (Wildman–Crippen MR) is 245 cm³/mol. The SMILES string of the molecule is Cc1ccc(N(c2ccc3c4ccccc4n(-c4ccc5c6ccccc6c6ccccc6c5c4)c3c2)c2cccc3c4ccccc4c4ccccc4c23)cc1. The van der Waals surface area contributed by atoms with Crippen LogP contribution in [0, 0.1) is 6.92 Å². The van der Waals surface area contributed by atoms with Crippen LogP contribution in [0.25, 0.3) is 92.1 Å². The minimum absolute atomic E-state index is 1.11. The molecule has 1 aromatic heterocycles. The fourth-order valence-corrected chi connectivity index (χ4v) is 9.65. The van der Waals surface area contributed by atoms with Gasteiger partial charge in [0.2, 0.25) is 0 Å². The molecule has 0 amide bonds. The molecule has 0 aliphatic heterocycles. The molecule has 57 heavy (non-hydrogen) atoms. The fourth-order valence-electron chi connectivity index (χ4n) is 9.65. The molecule has 1 heterocycles. The van der Waals surface area contributed by atoms with Gasteiger partial charge in [-0.1, -0.05) is 157 Å². The molecule has 0 fully saturated rings. The van der Waals surface area contributed by atoms with Crippen molar-refractivity contribution in [1.29, 1.82) is 0 Å². The summed E-state index contributed by atoms with van der Waals surface area (Å²) in [6.45, 7) is 2.16. The van der Waals surface area contributed by atoms with Gasteiger partial charge in [-0.3, -0.25) is 0 Å². The second kappa shape index (κ2) is 12.3. The van der Waals surface area contributed by atoms with Crippen LogP contribution in [0.2, 0.25) is 0 Å². The monoisotopic (exact) mass is 724 g/mol. The maximum absolute atomic E-state index is 2.47. The van der Waals surface area contributed by atoms with Gasteiger partial charge in [-0.25, -0.2) is 0 Å². The summed E-state index contributed by atoms with van der Waals surface area (Å²) in [6, 6.07) is 74.1. The van der Waals surface area contributed by atoms with Crippen molar-refractivity contribution in [3.8, 4) is 5.69 Å². The lowest BCUT2D eigenvalue weighted by molar-refractivity contribution is 1.18. The van der Waals surface area contributed by atoms with Gasteiger partial charge in [0, 0.05) is 33.2 Å². The van der Waals surface area contributed by atoms with Gasteiger partial charge < -0.3 is 9.47 Å². The van der Waals surface area contributed by atoms with Gasteiger partial charge in [0.15, 0.2) is 0 Å². The largest absolute Gasteiger partial charge is 0.310 e. The first-order valence-electron chi connectivity index (χ1n) is 19.8. The predicted octanol–water partition coefficient (Wildman–Crippen LogP) is 15.5. The summed E-state index contributed by atoms with van der Waals surface area (Å²) in [4.78, 5) is 2.46. The number of nitrogens with zero attached hydrogens (tertiary/aromatic N) is 2. The van der Waals surface area contributed by atoms with Crippen molar-refractivity contribution < 1.29 is 0 Å². The van der Waals surface area contributed by atoms with Gasteiger partial charge in [-0.2, -0.15) is 0 Å². The molecule has 266 valence electrons. The van der Waals surface area contributed by atoms with Crippen molar-refractivity contribution in [2.24, 2.45) is 0 Å². The van der Waals surface area contributed by atoms with E-state index >= 15 is 0 Å². The topological polar surface area (TPSA) is 8.17 Å². The Bertz CT molecular complexity index is 3510. The first-order valence-corrected chi connectivity index (χ1v) is 19.8. The number of fused-ring (bicyclic) bond motifs is 15. The Morgan fingerprint density at radius 3 is 1.37 bits per heavy atom. The number of benzene rings is 11. The maximum atomic E-state index is 2.47. The van der Waals surface area contributed by atoms with E-state index in [9.17, 15) is 0 Å². The molecule has 0 saturated heterocycles. The van der Waals surface area contributed by atoms with Crippen LogP contribution in [0.5, 0.6) is 0 Å².